The largest absolute Gasteiger partial charge is 0.496 e. The SMILES string of the molecule is COc1ccc(C(=O)NCCC2=CCCCC2)cc1CSc1ccc(Cl)cc1. The molecular weight excluding hydrogens is 390 g/mol. The Hall–Kier alpha value is -1.91. The van der Waals surface area contributed by atoms with Gasteiger partial charge in [-0.3, -0.25) is 4.79 Å². The van der Waals surface area contributed by atoms with Crippen molar-refractivity contribution in [2.45, 2.75) is 42.8 Å². The molecule has 148 valence electrons. The van der Waals surface area contributed by atoms with E-state index in [1.54, 1.807) is 18.9 Å². The minimum atomic E-state index is -0.0307. The number of ether oxygens (including phenoxy) is 1. The number of halogens is 1. The first kappa shape index (κ1) is 20.8. The Labute approximate surface area is 176 Å². The van der Waals surface area contributed by atoms with Crippen molar-refractivity contribution in [3.8, 4) is 5.75 Å². The van der Waals surface area contributed by atoms with Crippen molar-refractivity contribution in [3.63, 3.8) is 0 Å². The molecule has 2 aromatic rings. The van der Waals surface area contributed by atoms with Crippen LogP contribution in [-0.4, -0.2) is 19.6 Å². The number of amides is 1. The fourth-order valence-electron chi connectivity index (χ4n) is 3.29. The first-order chi connectivity index (χ1) is 13.7. The average molecular weight is 416 g/mol. The number of hydrogen-bond donors (Lipinski definition) is 1. The second kappa shape index (κ2) is 10.6. The van der Waals surface area contributed by atoms with Crippen molar-refractivity contribution < 1.29 is 9.53 Å². The summed E-state index contributed by atoms with van der Waals surface area (Å²) in [6.45, 7) is 0.686. The molecule has 0 saturated carbocycles. The number of carbonyl (C=O) groups excluding carboxylic acids is 1. The molecule has 0 bridgehead atoms. The summed E-state index contributed by atoms with van der Waals surface area (Å²) in [6, 6.07) is 13.4. The molecule has 0 aliphatic heterocycles. The molecule has 5 heteroatoms. The summed E-state index contributed by atoms with van der Waals surface area (Å²) < 4.78 is 5.47. The van der Waals surface area contributed by atoms with E-state index in [4.69, 9.17) is 16.3 Å². The number of hydrogen-bond acceptors (Lipinski definition) is 3. The van der Waals surface area contributed by atoms with E-state index in [0.717, 1.165) is 33.4 Å². The topological polar surface area (TPSA) is 38.3 Å². The first-order valence-corrected chi connectivity index (χ1v) is 11.0. The molecule has 0 spiro atoms. The number of thioether (sulfide) groups is 1. The van der Waals surface area contributed by atoms with Gasteiger partial charge in [0.1, 0.15) is 5.75 Å². The molecule has 1 N–H and O–H groups in total. The maximum atomic E-state index is 12.6. The number of nitrogens with one attached hydrogen (secondary N) is 1. The standard InChI is InChI=1S/C23H26ClNO2S/c1-27-22-12-7-18(23(26)25-14-13-17-5-3-2-4-6-17)15-19(22)16-28-21-10-8-20(24)9-11-21/h5,7-12,15H,2-4,6,13-14,16H2,1H3,(H,25,26). The van der Waals surface area contributed by atoms with E-state index in [1.807, 2.05) is 42.5 Å². The molecule has 2 aromatic carbocycles. The highest BCUT2D eigenvalue weighted by atomic mass is 35.5. The highest BCUT2D eigenvalue weighted by Crippen LogP contribution is 2.29. The lowest BCUT2D eigenvalue weighted by Crippen LogP contribution is -2.25. The van der Waals surface area contributed by atoms with Gasteiger partial charge >= 0.3 is 0 Å². The van der Waals surface area contributed by atoms with Crippen molar-refractivity contribution in [2.24, 2.45) is 0 Å². The molecule has 0 saturated heterocycles. The molecule has 1 aliphatic carbocycles. The second-order valence-corrected chi connectivity index (χ2v) is 8.37. The van der Waals surface area contributed by atoms with Crippen LogP contribution in [0.1, 0.15) is 48.0 Å². The lowest BCUT2D eigenvalue weighted by molar-refractivity contribution is 0.0954. The second-order valence-electron chi connectivity index (χ2n) is 6.88. The van der Waals surface area contributed by atoms with Gasteiger partial charge in [0.2, 0.25) is 0 Å². The Balaban J connectivity index is 1.59. The molecule has 3 rings (SSSR count). The fourth-order valence-corrected chi connectivity index (χ4v) is 4.30. The summed E-state index contributed by atoms with van der Waals surface area (Å²) in [5.41, 5.74) is 3.15. The van der Waals surface area contributed by atoms with E-state index in [0.29, 0.717) is 12.1 Å². The third-order valence-corrected chi connectivity index (χ3v) is 6.18. The number of allylic oxidation sites excluding steroid dienone is 1. The molecule has 0 unspecified atom stereocenters. The first-order valence-electron chi connectivity index (χ1n) is 9.67. The third kappa shape index (κ3) is 6.05. The van der Waals surface area contributed by atoms with Gasteiger partial charge in [-0.15, -0.1) is 11.8 Å². The van der Waals surface area contributed by atoms with Gasteiger partial charge in [0.05, 0.1) is 7.11 Å². The van der Waals surface area contributed by atoms with Crippen molar-refractivity contribution in [1.29, 1.82) is 0 Å². The van der Waals surface area contributed by atoms with Crippen molar-refractivity contribution >= 4 is 29.3 Å². The summed E-state index contributed by atoms with van der Waals surface area (Å²) >= 11 is 7.64. The van der Waals surface area contributed by atoms with Crippen LogP contribution in [0.25, 0.3) is 0 Å². The molecule has 0 fully saturated rings. The fraction of sp³-hybridized carbons (Fsp3) is 0.348. The molecule has 0 radical (unpaired) electrons. The van der Waals surface area contributed by atoms with Gasteiger partial charge in [-0.2, -0.15) is 0 Å². The van der Waals surface area contributed by atoms with Crippen molar-refractivity contribution in [2.75, 3.05) is 13.7 Å². The van der Waals surface area contributed by atoms with Crippen LogP contribution >= 0.6 is 23.4 Å². The summed E-state index contributed by atoms with van der Waals surface area (Å²) in [6.07, 6.45) is 8.18. The Morgan fingerprint density at radius 1 is 1.18 bits per heavy atom. The van der Waals surface area contributed by atoms with Crippen LogP contribution < -0.4 is 10.1 Å². The van der Waals surface area contributed by atoms with E-state index in [1.165, 1.54) is 31.3 Å². The highest BCUT2D eigenvalue weighted by molar-refractivity contribution is 7.98. The van der Waals surface area contributed by atoms with Crippen LogP contribution in [0.5, 0.6) is 5.75 Å². The van der Waals surface area contributed by atoms with Gasteiger partial charge < -0.3 is 10.1 Å². The maximum absolute atomic E-state index is 12.6. The zero-order chi connectivity index (χ0) is 19.8. The smallest absolute Gasteiger partial charge is 0.251 e. The van der Waals surface area contributed by atoms with Gasteiger partial charge in [-0.1, -0.05) is 23.3 Å². The van der Waals surface area contributed by atoms with Crippen molar-refractivity contribution in [3.05, 3.63) is 70.3 Å². The summed E-state index contributed by atoms with van der Waals surface area (Å²) in [4.78, 5) is 13.7. The molecule has 0 heterocycles. The van der Waals surface area contributed by atoms with Crippen molar-refractivity contribution in [1.82, 2.24) is 5.32 Å². The molecule has 1 amide bonds. The molecule has 1 aliphatic rings. The number of carbonyl (C=O) groups is 1. The molecule has 0 aromatic heterocycles. The lowest BCUT2D eigenvalue weighted by atomic mass is 9.97. The lowest BCUT2D eigenvalue weighted by Gasteiger charge is -2.14. The average Bonchev–Trinajstić information content (AvgIpc) is 2.74. The maximum Gasteiger partial charge on any atom is 0.251 e. The van der Waals surface area contributed by atoms with E-state index >= 15 is 0 Å². The quantitative estimate of drug-likeness (QED) is 0.408. The normalized spacial score (nSPS) is 13.7. The predicted molar refractivity (Wildman–Crippen MR) is 118 cm³/mol. The van der Waals surface area contributed by atoms with Gasteiger partial charge in [-0.25, -0.2) is 0 Å². The Bertz CT molecular complexity index is 833. The zero-order valence-corrected chi connectivity index (χ0v) is 17.7. The minimum Gasteiger partial charge on any atom is -0.496 e. The summed E-state index contributed by atoms with van der Waals surface area (Å²) in [5.74, 6) is 1.49. The minimum absolute atomic E-state index is 0.0307. The molecular formula is C23H26ClNO2S. The van der Waals surface area contributed by atoms with Crippen LogP contribution in [0, 0.1) is 0 Å². The van der Waals surface area contributed by atoms with E-state index in [9.17, 15) is 4.79 Å². The molecule has 0 atom stereocenters. The van der Waals surface area contributed by atoms with Crippen LogP contribution in [0.2, 0.25) is 5.02 Å². The predicted octanol–water partition coefficient (Wildman–Crippen LogP) is 6.26. The summed E-state index contributed by atoms with van der Waals surface area (Å²) in [5, 5.41) is 3.78. The van der Waals surface area contributed by atoms with Crippen LogP contribution in [0.3, 0.4) is 0 Å². The van der Waals surface area contributed by atoms with Crippen LogP contribution in [0.15, 0.2) is 59.0 Å². The molecule has 3 nitrogen and oxygen atoms in total. The summed E-state index contributed by atoms with van der Waals surface area (Å²) in [7, 11) is 1.66. The van der Waals surface area contributed by atoms with Crippen LogP contribution in [0.4, 0.5) is 0 Å². The number of benzene rings is 2. The number of rotatable bonds is 8. The van der Waals surface area contributed by atoms with Crippen LogP contribution in [-0.2, 0) is 5.75 Å². The zero-order valence-electron chi connectivity index (χ0n) is 16.2. The monoisotopic (exact) mass is 415 g/mol. The van der Waals surface area contributed by atoms with E-state index in [2.05, 4.69) is 11.4 Å². The Morgan fingerprint density at radius 3 is 2.71 bits per heavy atom. The molecule has 28 heavy (non-hydrogen) atoms. The number of methoxy groups -OCH3 is 1. The highest BCUT2D eigenvalue weighted by Gasteiger charge is 2.11. The Kier molecular flexibility index (Phi) is 7.87. The van der Waals surface area contributed by atoms with E-state index in [-0.39, 0.29) is 5.91 Å². The third-order valence-electron chi connectivity index (χ3n) is 4.87. The van der Waals surface area contributed by atoms with Gasteiger partial charge in [0, 0.05) is 33.3 Å². The van der Waals surface area contributed by atoms with Gasteiger partial charge in [0.15, 0.2) is 0 Å². The van der Waals surface area contributed by atoms with E-state index < -0.39 is 0 Å². The Morgan fingerprint density at radius 2 is 2.00 bits per heavy atom. The van der Waals surface area contributed by atoms with Gasteiger partial charge in [0.25, 0.3) is 5.91 Å². The van der Waals surface area contributed by atoms with Gasteiger partial charge in [-0.05, 0) is 74.6 Å².